The first-order chi connectivity index (χ1) is 13.1. The van der Waals surface area contributed by atoms with E-state index in [4.69, 9.17) is 21.6 Å². The number of hydrogen-bond acceptors (Lipinski definition) is 4. The molecule has 1 fully saturated rings. The van der Waals surface area contributed by atoms with Gasteiger partial charge >= 0.3 is 0 Å². The third-order valence-electron chi connectivity index (χ3n) is 4.58. The molecule has 140 valence electrons. The number of halogens is 1. The maximum Gasteiger partial charge on any atom is 0.265 e. The third kappa shape index (κ3) is 4.93. The molecule has 0 aliphatic carbocycles. The molecule has 6 heteroatoms. The molecule has 1 N–H and O–H groups in total. The van der Waals surface area contributed by atoms with Gasteiger partial charge in [-0.15, -0.1) is 0 Å². The molecule has 1 aliphatic heterocycles. The number of carbonyl (C=O) groups excluding carboxylic acids is 1. The number of nitrogens with zero attached hydrogens (tertiary/aromatic N) is 2. The van der Waals surface area contributed by atoms with Gasteiger partial charge < -0.3 is 15.0 Å². The van der Waals surface area contributed by atoms with Crippen LogP contribution in [-0.4, -0.2) is 25.1 Å². The van der Waals surface area contributed by atoms with Gasteiger partial charge in [-0.1, -0.05) is 11.6 Å². The zero-order chi connectivity index (χ0) is 19.2. The number of carbonyl (C=O) groups is 1. The number of piperidine rings is 1. The fourth-order valence-corrected chi connectivity index (χ4v) is 3.39. The van der Waals surface area contributed by atoms with E-state index in [2.05, 4.69) is 10.2 Å². The van der Waals surface area contributed by atoms with Crippen LogP contribution < -0.4 is 15.0 Å². The zero-order valence-electron chi connectivity index (χ0n) is 15.2. The summed E-state index contributed by atoms with van der Waals surface area (Å²) in [4.78, 5) is 14.7. The first kappa shape index (κ1) is 19.1. The number of ether oxygens (including phenoxy) is 1. The van der Waals surface area contributed by atoms with Gasteiger partial charge in [0.05, 0.1) is 22.3 Å². The summed E-state index contributed by atoms with van der Waals surface area (Å²) in [6, 6.07) is 14.3. The minimum absolute atomic E-state index is 0.263. The lowest BCUT2D eigenvalue weighted by molar-refractivity contribution is -0.122. The minimum atomic E-state index is -0.682. The van der Waals surface area contributed by atoms with Gasteiger partial charge in [-0.25, -0.2) is 0 Å². The topological polar surface area (TPSA) is 65.4 Å². The van der Waals surface area contributed by atoms with Crippen LogP contribution in [0.2, 0.25) is 5.02 Å². The van der Waals surface area contributed by atoms with E-state index in [1.807, 2.05) is 18.2 Å². The quantitative estimate of drug-likeness (QED) is 0.818. The highest BCUT2D eigenvalue weighted by atomic mass is 35.5. The van der Waals surface area contributed by atoms with Gasteiger partial charge in [-0.05, 0) is 68.7 Å². The van der Waals surface area contributed by atoms with Crippen LogP contribution in [0.1, 0.15) is 31.7 Å². The number of rotatable bonds is 5. The van der Waals surface area contributed by atoms with E-state index in [0.717, 1.165) is 18.8 Å². The van der Waals surface area contributed by atoms with Crippen molar-refractivity contribution in [2.24, 2.45) is 0 Å². The van der Waals surface area contributed by atoms with Crippen LogP contribution >= 0.6 is 11.6 Å². The summed E-state index contributed by atoms with van der Waals surface area (Å²) in [5.41, 5.74) is 2.19. The molecule has 1 atom stereocenters. The van der Waals surface area contributed by atoms with E-state index in [0.29, 0.717) is 22.0 Å². The van der Waals surface area contributed by atoms with Crippen molar-refractivity contribution >= 4 is 28.9 Å². The fourth-order valence-electron chi connectivity index (χ4n) is 3.09. The molecule has 1 saturated heterocycles. The van der Waals surface area contributed by atoms with Gasteiger partial charge in [-0.3, -0.25) is 4.79 Å². The number of hydrogen-bond donors (Lipinski definition) is 1. The Morgan fingerprint density at radius 2 is 1.89 bits per heavy atom. The molecule has 1 amide bonds. The van der Waals surface area contributed by atoms with Crippen LogP contribution in [-0.2, 0) is 4.79 Å². The number of anilines is 2. The Kier molecular flexibility index (Phi) is 6.20. The van der Waals surface area contributed by atoms with E-state index < -0.39 is 6.10 Å². The highest BCUT2D eigenvalue weighted by Gasteiger charge is 2.17. The number of nitriles is 1. The monoisotopic (exact) mass is 383 g/mol. The molecular weight excluding hydrogens is 362 g/mol. The van der Waals surface area contributed by atoms with Crippen molar-refractivity contribution in [3.05, 3.63) is 53.1 Å². The SMILES string of the molecule is CC(Oc1ccc(C#N)cc1)C(=O)Nc1ccc(N2CCCCC2)c(Cl)c1. The number of benzene rings is 2. The average Bonchev–Trinajstić information content (AvgIpc) is 2.69. The highest BCUT2D eigenvalue weighted by Crippen LogP contribution is 2.31. The van der Waals surface area contributed by atoms with Crippen LogP contribution in [0.5, 0.6) is 5.75 Å². The maximum atomic E-state index is 12.4. The Hall–Kier alpha value is -2.71. The maximum absolute atomic E-state index is 12.4. The summed E-state index contributed by atoms with van der Waals surface area (Å²) < 4.78 is 5.63. The molecule has 3 rings (SSSR count). The molecule has 0 saturated carbocycles. The Labute approximate surface area is 164 Å². The predicted octanol–water partition coefficient (Wildman–Crippen LogP) is 4.61. The lowest BCUT2D eigenvalue weighted by Gasteiger charge is -2.29. The van der Waals surface area contributed by atoms with Gasteiger partial charge in [-0.2, -0.15) is 5.26 Å². The average molecular weight is 384 g/mol. The molecule has 1 unspecified atom stereocenters. The first-order valence-corrected chi connectivity index (χ1v) is 9.47. The summed E-state index contributed by atoms with van der Waals surface area (Å²) in [6.45, 7) is 3.71. The lowest BCUT2D eigenvalue weighted by Crippen LogP contribution is -2.30. The van der Waals surface area contributed by atoms with Crippen molar-refractivity contribution in [1.82, 2.24) is 0 Å². The summed E-state index contributed by atoms with van der Waals surface area (Å²) in [6.07, 6.45) is 2.94. The lowest BCUT2D eigenvalue weighted by atomic mass is 10.1. The normalized spacial score (nSPS) is 14.9. The Bertz CT molecular complexity index is 839. The van der Waals surface area contributed by atoms with Gasteiger partial charge in [0.15, 0.2) is 6.10 Å². The van der Waals surface area contributed by atoms with E-state index in [-0.39, 0.29) is 5.91 Å². The number of nitrogens with one attached hydrogen (secondary N) is 1. The molecule has 1 aliphatic rings. The van der Waals surface area contributed by atoms with Crippen molar-refractivity contribution in [2.45, 2.75) is 32.3 Å². The second kappa shape index (κ2) is 8.79. The van der Waals surface area contributed by atoms with Gasteiger partial charge in [0.1, 0.15) is 5.75 Å². The second-order valence-electron chi connectivity index (χ2n) is 6.60. The Morgan fingerprint density at radius 1 is 1.19 bits per heavy atom. The summed E-state index contributed by atoms with van der Waals surface area (Å²) in [5, 5.41) is 12.3. The molecule has 0 aromatic heterocycles. The van der Waals surface area contributed by atoms with Crippen molar-refractivity contribution in [3.8, 4) is 11.8 Å². The third-order valence-corrected chi connectivity index (χ3v) is 4.88. The van der Waals surface area contributed by atoms with Crippen LogP contribution in [0.3, 0.4) is 0 Å². The van der Waals surface area contributed by atoms with Crippen molar-refractivity contribution in [2.75, 3.05) is 23.3 Å². The standard InChI is InChI=1S/C21H22ClN3O2/c1-15(27-18-8-5-16(14-23)6-9-18)21(26)24-17-7-10-20(19(22)13-17)25-11-3-2-4-12-25/h5-10,13,15H,2-4,11-12H2,1H3,(H,24,26). The molecule has 5 nitrogen and oxygen atoms in total. The second-order valence-corrected chi connectivity index (χ2v) is 7.01. The van der Waals surface area contributed by atoms with E-state index in [1.54, 1.807) is 37.3 Å². The molecule has 2 aromatic carbocycles. The smallest absolute Gasteiger partial charge is 0.265 e. The molecule has 0 radical (unpaired) electrons. The van der Waals surface area contributed by atoms with Gasteiger partial charge in [0.2, 0.25) is 0 Å². The van der Waals surface area contributed by atoms with Crippen LogP contribution in [0.4, 0.5) is 11.4 Å². The predicted molar refractivity (Wildman–Crippen MR) is 107 cm³/mol. The van der Waals surface area contributed by atoms with Crippen LogP contribution in [0.15, 0.2) is 42.5 Å². The van der Waals surface area contributed by atoms with Gasteiger partial charge in [0, 0.05) is 18.8 Å². The van der Waals surface area contributed by atoms with Crippen molar-refractivity contribution < 1.29 is 9.53 Å². The highest BCUT2D eigenvalue weighted by molar-refractivity contribution is 6.33. The van der Waals surface area contributed by atoms with Gasteiger partial charge in [0.25, 0.3) is 5.91 Å². The Balaban J connectivity index is 1.60. The summed E-state index contributed by atoms with van der Waals surface area (Å²) in [5.74, 6) is 0.274. The first-order valence-electron chi connectivity index (χ1n) is 9.09. The molecular formula is C21H22ClN3O2. The van der Waals surface area contributed by atoms with Crippen molar-refractivity contribution in [3.63, 3.8) is 0 Å². The molecule has 2 aromatic rings. The minimum Gasteiger partial charge on any atom is -0.481 e. The molecule has 27 heavy (non-hydrogen) atoms. The van der Waals surface area contributed by atoms with Crippen LogP contribution in [0, 0.1) is 11.3 Å². The van der Waals surface area contributed by atoms with E-state index in [9.17, 15) is 4.79 Å². The molecule has 0 bridgehead atoms. The van der Waals surface area contributed by atoms with E-state index >= 15 is 0 Å². The Morgan fingerprint density at radius 3 is 2.52 bits per heavy atom. The fraction of sp³-hybridized carbons (Fsp3) is 0.333. The van der Waals surface area contributed by atoms with Crippen molar-refractivity contribution in [1.29, 1.82) is 5.26 Å². The largest absolute Gasteiger partial charge is 0.481 e. The zero-order valence-corrected chi connectivity index (χ0v) is 16.0. The van der Waals surface area contributed by atoms with Crippen LogP contribution in [0.25, 0.3) is 0 Å². The molecule has 1 heterocycles. The summed E-state index contributed by atoms with van der Waals surface area (Å²) in [7, 11) is 0. The van der Waals surface area contributed by atoms with E-state index in [1.165, 1.54) is 19.3 Å². The summed E-state index contributed by atoms with van der Waals surface area (Å²) >= 11 is 6.43. The molecule has 0 spiro atoms. The number of amides is 1.